The van der Waals surface area contributed by atoms with Gasteiger partial charge in [0.1, 0.15) is 12.4 Å². The van der Waals surface area contributed by atoms with Gasteiger partial charge in [0.15, 0.2) is 0 Å². The first-order valence-electron chi connectivity index (χ1n) is 9.61. The van der Waals surface area contributed by atoms with Gasteiger partial charge in [-0.2, -0.15) is 13.2 Å². The Balaban J connectivity index is 2.00. The molecule has 2 amide bonds. The lowest BCUT2D eigenvalue weighted by Gasteiger charge is -2.34. The summed E-state index contributed by atoms with van der Waals surface area (Å²) in [6.07, 6.45) is -4.53. The van der Waals surface area contributed by atoms with Gasteiger partial charge in [-0.15, -0.1) is 0 Å². The molecule has 1 atom stereocenters. The molecule has 0 radical (unpaired) electrons. The Labute approximate surface area is 187 Å². The van der Waals surface area contributed by atoms with E-state index in [0.717, 1.165) is 12.1 Å². The van der Waals surface area contributed by atoms with Crippen molar-refractivity contribution in [2.45, 2.75) is 19.1 Å². The molecule has 6 nitrogen and oxygen atoms in total. The summed E-state index contributed by atoms with van der Waals surface area (Å²) >= 11 is 5.94. The van der Waals surface area contributed by atoms with Crippen LogP contribution >= 0.6 is 11.6 Å². The fourth-order valence-electron chi connectivity index (χ4n) is 3.20. The van der Waals surface area contributed by atoms with E-state index in [0.29, 0.717) is 10.6 Å². The van der Waals surface area contributed by atoms with E-state index < -0.39 is 29.8 Å². The number of benzene rings is 2. The van der Waals surface area contributed by atoms with Crippen LogP contribution in [0.15, 0.2) is 59.8 Å². The van der Waals surface area contributed by atoms with Crippen molar-refractivity contribution in [1.82, 2.24) is 10.2 Å². The molecule has 1 N–H and O–H groups in total. The van der Waals surface area contributed by atoms with Crippen LogP contribution in [-0.2, 0) is 15.7 Å². The van der Waals surface area contributed by atoms with Crippen LogP contribution in [-0.4, -0.2) is 37.2 Å². The van der Waals surface area contributed by atoms with Gasteiger partial charge in [0.05, 0.1) is 29.5 Å². The molecular weight excluding hydrogens is 449 g/mol. The second-order valence-corrected chi connectivity index (χ2v) is 7.32. The van der Waals surface area contributed by atoms with Gasteiger partial charge in [-0.1, -0.05) is 29.8 Å². The van der Waals surface area contributed by atoms with Crippen LogP contribution in [0.5, 0.6) is 5.75 Å². The number of halogens is 4. The number of hydrogen-bond donors (Lipinski definition) is 1. The molecule has 2 aromatic carbocycles. The predicted octanol–water partition coefficient (Wildman–Crippen LogP) is 4.95. The zero-order valence-electron chi connectivity index (χ0n) is 17.2. The van der Waals surface area contributed by atoms with E-state index >= 15 is 0 Å². The van der Waals surface area contributed by atoms with E-state index in [-0.39, 0.29) is 30.2 Å². The molecule has 0 spiro atoms. The van der Waals surface area contributed by atoms with E-state index in [1.165, 1.54) is 24.1 Å². The zero-order valence-corrected chi connectivity index (χ0v) is 18.0. The van der Waals surface area contributed by atoms with Gasteiger partial charge < -0.3 is 14.8 Å². The smallest absolute Gasteiger partial charge is 0.416 e. The summed E-state index contributed by atoms with van der Waals surface area (Å²) in [4.78, 5) is 26.6. The van der Waals surface area contributed by atoms with Gasteiger partial charge in [0, 0.05) is 12.1 Å². The lowest BCUT2D eigenvalue weighted by Crippen LogP contribution is -2.48. The number of likely N-dealkylation sites (N-methyl/N-ethyl adjacent to an activating group) is 1. The van der Waals surface area contributed by atoms with E-state index in [1.54, 1.807) is 31.2 Å². The van der Waals surface area contributed by atoms with Gasteiger partial charge in [-0.25, -0.2) is 9.59 Å². The van der Waals surface area contributed by atoms with Crippen molar-refractivity contribution in [3.63, 3.8) is 0 Å². The largest absolute Gasteiger partial charge is 0.487 e. The quantitative estimate of drug-likeness (QED) is 0.609. The summed E-state index contributed by atoms with van der Waals surface area (Å²) in [6.45, 7) is 1.40. The van der Waals surface area contributed by atoms with Gasteiger partial charge >= 0.3 is 18.2 Å². The number of ether oxygens (including phenoxy) is 2. The number of urea groups is 1. The highest BCUT2D eigenvalue weighted by molar-refractivity contribution is 6.30. The van der Waals surface area contributed by atoms with Crippen LogP contribution in [0.3, 0.4) is 0 Å². The molecule has 1 heterocycles. The molecular formula is C22H20ClF3N2O4. The number of hydrogen-bond acceptors (Lipinski definition) is 4. The fourth-order valence-corrected chi connectivity index (χ4v) is 3.33. The Morgan fingerprint density at radius 3 is 2.50 bits per heavy atom. The Morgan fingerprint density at radius 1 is 1.19 bits per heavy atom. The Bertz CT molecular complexity index is 1040. The Morgan fingerprint density at radius 2 is 1.88 bits per heavy atom. The third-order valence-corrected chi connectivity index (χ3v) is 5.06. The van der Waals surface area contributed by atoms with Crippen molar-refractivity contribution in [2.24, 2.45) is 0 Å². The van der Waals surface area contributed by atoms with Crippen molar-refractivity contribution in [1.29, 1.82) is 0 Å². The first-order valence-corrected chi connectivity index (χ1v) is 9.99. The summed E-state index contributed by atoms with van der Waals surface area (Å²) in [5.74, 6) is -0.736. The highest BCUT2D eigenvalue weighted by Crippen LogP contribution is 2.34. The molecule has 32 heavy (non-hydrogen) atoms. The number of carbonyl (C=O) groups excluding carboxylic acids is 2. The molecule has 0 aromatic heterocycles. The number of carbonyl (C=O) groups is 2. The summed E-state index contributed by atoms with van der Waals surface area (Å²) in [6, 6.07) is 9.53. The Hall–Kier alpha value is -3.20. The summed E-state index contributed by atoms with van der Waals surface area (Å²) < 4.78 is 49.7. The summed E-state index contributed by atoms with van der Waals surface area (Å²) in [7, 11) is 1.43. The maximum Gasteiger partial charge on any atom is 0.416 e. The van der Waals surface area contributed by atoms with E-state index in [2.05, 4.69) is 5.32 Å². The molecule has 2 aromatic rings. The average molecular weight is 469 g/mol. The van der Waals surface area contributed by atoms with Gasteiger partial charge in [0.2, 0.25) is 0 Å². The van der Waals surface area contributed by atoms with Crippen molar-refractivity contribution in [3.8, 4) is 5.75 Å². The summed E-state index contributed by atoms with van der Waals surface area (Å²) in [5, 5.41) is 3.20. The van der Waals surface area contributed by atoms with Gasteiger partial charge in [-0.05, 0) is 42.8 Å². The zero-order chi connectivity index (χ0) is 23.5. The molecule has 1 aliphatic rings. The van der Waals surface area contributed by atoms with E-state index in [9.17, 15) is 22.8 Å². The highest BCUT2D eigenvalue weighted by atomic mass is 35.5. The maximum atomic E-state index is 13.0. The molecule has 0 bridgehead atoms. The molecule has 10 heteroatoms. The van der Waals surface area contributed by atoms with Crippen LogP contribution < -0.4 is 10.1 Å². The third kappa shape index (κ3) is 5.16. The van der Waals surface area contributed by atoms with Crippen LogP contribution in [0.4, 0.5) is 18.0 Å². The lowest BCUT2D eigenvalue weighted by atomic mass is 9.95. The predicted molar refractivity (Wildman–Crippen MR) is 111 cm³/mol. The van der Waals surface area contributed by atoms with Crippen LogP contribution in [0.25, 0.3) is 0 Å². The number of amides is 2. The number of nitrogens with one attached hydrogen (secondary N) is 1. The number of alkyl halides is 3. The van der Waals surface area contributed by atoms with Crippen LogP contribution in [0.2, 0.25) is 5.02 Å². The monoisotopic (exact) mass is 468 g/mol. The molecule has 0 aliphatic carbocycles. The molecule has 0 saturated carbocycles. The van der Waals surface area contributed by atoms with Gasteiger partial charge in [0.25, 0.3) is 0 Å². The minimum atomic E-state index is -4.53. The molecule has 3 rings (SSSR count). The second-order valence-electron chi connectivity index (χ2n) is 6.89. The minimum Gasteiger partial charge on any atom is -0.487 e. The second kappa shape index (κ2) is 9.52. The van der Waals surface area contributed by atoms with E-state index in [4.69, 9.17) is 21.1 Å². The van der Waals surface area contributed by atoms with E-state index in [1.807, 2.05) is 0 Å². The van der Waals surface area contributed by atoms with Crippen molar-refractivity contribution >= 4 is 23.6 Å². The minimum absolute atomic E-state index is 0.0574. The Kier molecular flexibility index (Phi) is 6.98. The molecule has 1 aliphatic heterocycles. The molecule has 0 fully saturated rings. The number of rotatable bonds is 6. The van der Waals surface area contributed by atoms with Crippen LogP contribution in [0, 0.1) is 0 Å². The molecule has 170 valence electrons. The SMILES string of the molecule is CCOC(=O)C1=C(COc2cccc(C(F)(F)F)c2)N(C)C(=O)N[C@@H]1c1ccc(Cl)cc1. The highest BCUT2D eigenvalue weighted by Gasteiger charge is 2.37. The van der Waals surface area contributed by atoms with Crippen molar-refractivity contribution < 1.29 is 32.2 Å². The first kappa shape index (κ1) is 23.5. The first-order chi connectivity index (χ1) is 15.1. The number of esters is 1. The topological polar surface area (TPSA) is 67.9 Å². The normalized spacial score (nSPS) is 16.6. The molecule has 0 unspecified atom stereocenters. The van der Waals surface area contributed by atoms with Crippen molar-refractivity contribution in [3.05, 3.63) is 76.0 Å². The third-order valence-electron chi connectivity index (χ3n) is 4.81. The maximum absolute atomic E-state index is 13.0. The van der Waals surface area contributed by atoms with Crippen molar-refractivity contribution in [2.75, 3.05) is 20.3 Å². The van der Waals surface area contributed by atoms with Gasteiger partial charge in [-0.3, -0.25) is 4.90 Å². The standard InChI is InChI=1S/C22H20ClF3N2O4/c1-3-31-20(29)18-17(12-32-16-6-4-5-14(11-16)22(24,25)26)28(2)21(30)27-19(18)13-7-9-15(23)10-8-13/h4-11,19H,3,12H2,1-2H3,(H,27,30)/t19-/m1/s1. The number of nitrogens with zero attached hydrogens (tertiary/aromatic N) is 1. The lowest BCUT2D eigenvalue weighted by molar-refractivity contribution is -0.139. The fraction of sp³-hybridized carbons (Fsp3) is 0.273. The average Bonchev–Trinajstić information content (AvgIpc) is 2.74. The molecule has 0 saturated heterocycles. The van der Waals surface area contributed by atoms with Crippen LogP contribution in [0.1, 0.15) is 24.1 Å². The summed E-state index contributed by atoms with van der Waals surface area (Å²) in [5.41, 5.74) is -0.00772.